The van der Waals surface area contributed by atoms with Crippen LogP contribution >= 0.6 is 0 Å². The van der Waals surface area contributed by atoms with E-state index in [1.807, 2.05) is 27.0 Å². The van der Waals surface area contributed by atoms with Crippen molar-refractivity contribution in [3.05, 3.63) is 52.6 Å². The van der Waals surface area contributed by atoms with Gasteiger partial charge in [0.15, 0.2) is 5.65 Å². The summed E-state index contributed by atoms with van der Waals surface area (Å²) >= 11 is 0. The van der Waals surface area contributed by atoms with Crippen LogP contribution in [0.15, 0.2) is 24.3 Å². The van der Waals surface area contributed by atoms with E-state index in [0.717, 1.165) is 35.2 Å². The number of nitrogens with zero attached hydrogens (tertiary/aromatic N) is 4. The molecule has 6 heteroatoms. The van der Waals surface area contributed by atoms with E-state index in [1.165, 1.54) is 6.07 Å². The fourth-order valence-electron chi connectivity index (χ4n) is 3.69. The smallest absolute Gasteiger partial charge is 0.259 e. The minimum absolute atomic E-state index is 0.197. The predicted octanol–water partition coefficient (Wildman–Crippen LogP) is 3.32. The lowest BCUT2D eigenvalue weighted by Gasteiger charge is -2.30. The third kappa shape index (κ3) is 2.40. The van der Waals surface area contributed by atoms with Gasteiger partial charge in [-0.1, -0.05) is 12.1 Å². The first-order chi connectivity index (χ1) is 12.0. The molecule has 0 fully saturated rings. The molecule has 1 aliphatic rings. The zero-order valence-electron chi connectivity index (χ0n) is 14.5. The maximum absolute atomic E-state index is 14.5. The monoisotopic (exact) mass is 338 g/mol. The van der Waals surface area contributed by atoms with Gasteiger partial charge in [0, 0.05) is 19.3 Å². The number of aromatic nitrogens is 3. The largest absolute Gasteiger partial charge is 0.305 e. The lowest BCUT2D eigenvalue weighted by atomic mass is 9.99. The van der Waals surface area contributed by atoms with Crippen molar-refractivity contribution >= 4 is 22.6 Å². The molecule has 128 valence electrons. The van der Waals surface area contributed by atoms with Crippen LogP contribution in [0.3, 0.4) is 0 Å². The second-order valence-corrected chi connectivity index (χ2v) is 6.53. The van der Waals surface area contributed by atoms with Crippen molar-refractivity contribution in [2.24, 2.45) is 7.05 Å². The molecule has 4 rings (SSSR count). The normalized spacial score (nSPS) is 14.0. The van der Waals surface area contributed by atoms with Gasteiger partial charge in [-0.05, 0) is 44.4 Å². The Kier molecular flexibility index (Phi) is 3.56. The molecule has 3 heterocycles. The molecule has 0 spiro atoms. The standard InChI is InChI=1S/C19H19FN4O/c1-11-10-14(16-12(2)22-23(3)18(16)21-11)19(25)24-9-5-7-13-6-4-8-15(20)17(13)24/h4,6,8,10H,5,7,9H2,1-3H3. The first-order valence-corrected chi connectivity index (χ1v) is 8.37. The maximum Gasteiger partial charge on any atom is 0.259 e. The summed E-state index contributed by atoms with van der Waals surface area (Å²) in [6.45, 7) is 4.22. The van der Waals surface area contributed by atoms with Crippen LogP contribution in [-0.2, 0) is 13.5 Å². The summed E-state index contributed by atoms with van der Waals surface area (Å²) in [7, 11) is 1.81. The molecule has 0 aliphatic carbocycles. The molecular formula is C19H19FN4O. The number of carbonyl (C=O) groups excluding carboxylic acids is 1. The van der Waals surface area contributed by atoms with Crippen LogP contribution in [0.2, 0.25) is 0 Å². The number of amides is 1. The molecule has 25 heavy (non-hydrogen) atoms. The summed E-state index contributed by atoms with van der Waals surface area (Å²) in [5, 5.41) is 5.13. The van der Waals surface area contributed by atoms with Gasteiger partial charge in [0.1, 0.15) is 5.82 Å². The summed E-state index contributed by atoms with van der Waals surface area (Å²) < 4.78 is 16.1. The first kappa shape index (κ1) is 15.7. The van der Waals surface area contributed by atoms with Crippen molar-refractivity contribution < 1.29 is 9.18 Å². The van der Waals surface area contributed by atoms with Gasteiger partial charge in [0.2, 0.25) is 0 Å². The number of benzene rings is 1. The van der Waals surface area contributed by atoms with E-state index in [1.54, 1.807) is 21.7 Å². The van der Waals surface area contributed by atoms with Crippen molar-refractivity contribution in [1.82, 2.24) is 14.8 Å². The highest BCUT2D eigenvalue weighted by Gasteiger charge is 2.29. The Morgan fingerprint density at radius 1 is 1.28 bits per heavy atom. The summed E-state index contributed by atoms with van der Waals surface area (Å²) in [5.41, 5.74) is 3.98. The first-order valence-electron chi connectivity index (χ1n) is 8.37. The Bertz CT molecular complexity index is 1010. The summed E-state index contributed by atoms with van der Waals surface area (Å²) in [5.74, 6) is -0.548. The molecule has 0 atom stereocenters. The van der Waals surface area contributed by atoms with Gasteiger partial charge in [-0.3, -0.25) is 9.48 Å². The zero-order chi connectivity index (χ0) is 17.7. The van der Waals surface area contributed by atoms with Crippen molar-refractivity contribution in [2.75, 3.05) is 11.4 Å². The minimum Gasteiger partial charge on any atom is -0.305 e. The van der Waals surface area contributed by atoms with Crippen LogP contribution in [-0.4, -0.2) is 27.2 Å². The van der Waals surface area contributed by atoms with E-state index < -0.39 is 0 Å². The number of fused-ring (bicyclic) bond motifs is 2. The van der Waals surface area contributed by atoms with Gasteiger partial charge in [0.25, 0.3) is 5.91 Å². The lowest BCUT2D eigenvalue weighted by Crippen LogP contribution is -2.36. The number of carbonyl (C=O) groups is 1. The van der Waals surface area contributed by atoms with E-state index in [4.69, 9.17) is 0 Å². The van der Waals surface area contributed by atoms with Gasteiger partial charge in [-0.25, -0.2) is 9.37 Å². The second-order valence-electron chi connectivity index (χ2n) is 6.53. The number of halogens is 1. The average molecular weight is 338 g/mol. The van der Waals surface area contributed by atoms with Crippen LogP contribution < -0.4 is 4.90 Å². The third-order valence-corrected chi connectivity index (χ3v) is 4.74. The van der Waals surface area contributed by atoms with E-state index in [-0.39, 0.29) is 11.7 Å². The molecule has 1 aliphatic heterocycles. The Labute approximate surface area is 145 Å². The topological polar surface area (TPSA) is 51.0 Å². The lowest BCUT2D eigenvalue weighted by molar-refractivity contribution is 0.0985. The van der Waals surface area contributed by atoms with Crippen LogP contribution in [0.25, 0.3) is 11.0 Å². The third-order valence-electron chi connectivity index (χ3n) is 4.74. The number of pyridine rings is 1. The molecule has 3 aromatic rings. The molecule has 2 aromatic heterocycles. The number of hydrogen-bond acceptors (Lipinski definition) is 3. The number of anilines is 1. The minimum atomic E-state index is -0.351. The molecular weight excluding hydrogens is 319 g/mol. The van der Waals surface area contributed by atoms with Gasteiger partial charge < -0.3 is 4.90 Å². The molecule has 0 saturated carbocycles. The number of hydrogen-bond donors (Lipinski definition) is 0. The van der Waals surface area contributed by atoms with Crippen molar-refractivity contribution in [1.29, 1.82) is 0 Å². The average Bonchev–Trinajstić information content (AvgIpc) is 2.87. The maximum atomic E-state index is 14.5. The molecule has 0 saturated heterocycles. The number of aryl methyl sites for hydroxylation is 4. The molecule has 5 nitrogen and oxygen atoms in total. The molecule has 1 amide bonds. The fourth-order valence-corrected chi connectivity index (χ4v) is 3.69. The highest BCUT2D eigenvalue weighted by atomic mass is 19.1. The van der Waals surface area contributed by atoms with Gasteiger partial charge >= 0.3 is 0 Å². The Morgan fingerprint density at radius 3 is 2.88 bits per heavy atom. The van der Waals surface area contributed by atoms with Gasteiger partial charge in [-0.2, -0.15) is 5.10 Å². The molecule has 1 aromatic carbocycles. The van der Waals surface area contributed by atoms with Crippen LogP contribution in [0.5, 0.6) is 0 Å². The van der Waals surface area contributed by atoms with E-state index in [2.05, 4.69) is 10.1 Å². The zero-order valence-corrected chi connectivity index (χ0v) is 14.5. The number of para-hydroxylation sites is 1. The highest BCUT2D eigenvalue weighted by molar-refractivity contribution is 6.14. The summed E-state index contributed by atoms with van der Waals surface area (Å²) in [4.78, 5) is 19.4. The van der Waals surface area contributed by atoms with E-state index in [9.17, 15) is 9.18 Å². The molecule has 0 bridgehead atoms. The van der Waals surface area contributed by atoms with Gasteiger partial charge in [-0.15, -0.1) is 0 Å². The fraction of sp³-hybridized carbons (Fsp3) is 0.316. The summed E-state index contributed by atoms with van der Waals surface area (Å²) in [6.07, 6.45) is 1.61. The second kappa shape index (κ2) is 5.65. The van der Waals surface area contributed by atoms with Crippen molar-refractivity contribution in [3.63, 3.8) is 0 Å². The van der Waals surface area contributed by atoms with Crippen LogP contribution in [0, 0.1) is 19.7 Å². The Hall–Kier alpha value is -2.76. The number of rotatable bonds is 1. The molecule has 0 unspecified atom stereocenters. The van der Waals surface area contributed by atoms with Gasteiger partial charge in [0.05, 0.1) is 22.3 Å². The Balaban J connectivity index is 1.91. The molecule has 0 N–H and O–H groups in total. The van der Waals surface area contributed by atoms with E-state index in [0.29, 0.717) is 23.4 Å². The van der Waals surface area contributed by atoms with Crippen molar-refractivity contribution in [2.45, 2.75) is 26.7 Å². The predicted molar refractivity (Wildman–Crippen MR) is 94.4 cm³/mol. The van der Waals surface area contributed by atoms with E-state index >= 15 is 0 Å². The quantitative estimate of drug-likeness (QED) is 0.684. The Morgan fingerprint density at radius 2 is 2.08 bits per heavy atom. The van der Waals surface area contributed by atoms with Crippen LogP contribution in [0.1, 0.15) is 33.7 Å². The summed E-state index contributed by atoms with van der Waals surface area (Å²) in [6, 6.07) is 6.77. The highest BCUT2D eigenvalue weighted by Crippen LogP contribution is 2.32. The van der Waals surface area contributed by atoms with Crippen molar-refractivity contribution in [3.8, 4) is 0 Å². The SMILES string of the molecule is Cc1cc(C(=O)N2CCCc3cccc(F)c32)c2c(C)nn(C)c2n1. The van der Waals surface area contributed by atoms with Crippen LogP contribution in [0.4, 0.5) is 10.1 Å². The molecule has 0 radical (unpaired) electrons.